The van der Waals surface area contributed by atoms with E-state index in [4.69, 9.17) is 10.1 Å². The van der Waals surface area contributed by atoms with Crippen molar-refractivity contribution in [3.05, 3.63) is 11.8 Å². The van der Waals surface area contributed by atoms with Crippen molar-refractivity contribution < 1.29 is 4.74 Å². The van der Waals surface area contributed by atoms with Gasteiger partial charge in [0.2, 0.25) is 0 Å². The van der Waals surface area contributed by atoms with Gasteiger partial charge in [0, 0.05) is 44.0 Å². The maximum atomic E-state index is 8.27. The Morgan fingerprint density at radius 1 is 1.26 bits per heavy atom. The summed E-state index contributed by atoms with van der Waals surface area (Å²) in [5.74, 6) is 0.392. The Labute approximate surface area is 117 Å². The summed E-state index contributed by atoms with van der Waals surface area (Å²) >= 11 is 0. The number of morpholine rings is 1. The zero-order valence-corrected chi connectivity index (χ0v) is 12.8. The van der Waals surface area contributed by atoms with Crippen LogP contribution >= 0.6 is 0 Å². The Morgan fingerprint density at radius 3 is 2.42 bits per heavy atom. The lowest BCUT2D eigenvalue weighted by Gasteiger charge is -2.27. The molecule has 1 saturated heterocycles. The SMILES string of the molecule is CC(C)N/C=C(\C(=N)CCN1CCOCC1)C(C)C. The lowest BCUT2D eigenvalue weighted by atomic mass is 9.97. The summed E-state index contributed by atoms with van der Waals surface area (Å²) in [6.45, 7) is 13.2. The molecule has 1 aliphatic rings. The van der Waals surface area contributed by atoms with Crippen LogP contribution in [0.5, 0.6) is 0 Å². The molecule has 0 aromatic heterocycles. The van der Waals surface area contributed by atoms with Crippen molar-refractivity contribution in [2.75, 3.05) is 32.8 Å². The largest absolute Gasteiger partial charge is 0.388 e. The number of rotatable bonds is 7. The first-order valence-corrected chi connectivity index (χ1v) is 7.34. The molecule has 110 valence electrons. The summed E-state index contributed by atoms with van der Waals surface area (Å²) < 4.78 is 5.34. The van der Waals surface area contributed by atoms with Crippen molar-refractivity contribution in [2.45, 2.75) is 40.2 Å². The van der Waals surface area contributed by atoms with E-state index in [1.807, 2.05) is 6.20 Å². The van der Waals surface area contributed by atoms with E-state index in [-0.39, 0.29) is 0 Å². The van der Waals surface area contributed by atoms with Crippen molar-refractivity contribution in [1.29, 1.82) is 5.41 Å². The maximum Gasteiger partial charge on any atom is 0.0594 e. The molecule has 19 heavy (non-hydrogen) atoms. The van der Waals surface area contributed by atoms with Gasteiger partial charge in [-0.05, 0) is 25.3 Å². The van der Waals surface area contributed by atoms with Crippen LogP contribution in [0.15, 0.2) is 11.8 Å². The number of ether oxygens (including phenoxy) is 1. The molecule has 0 aromatic carbocycles. The van der Waals surface area contributed by atoms with Gasteiger partial charge in [-0.25, -0.2) is 0 Å². The molecule has 1 fully saturated rings. The second-order valence-electron chi connectivity index (χ2n) is 5.76. The van der Waals surface area contributed by atoms with Gasteiger partial charge < -0.3 is 15.5 Å². The van der Waals surface area contributed by atoms with Crippen LogP contribution in [0, 0.1) is 11.3 Å². The average Bonchev–Trinajstić information content (AvgIpc) is 2.37. The fourth-order valence-electron chi connectivity index (χ4n) is 2.10. The molecular formula is C15H29N3O. The molecule has 0 aromatic rings. The van der Waals surface area contributed by atoms with Gasteiger partial charge in [0.15, 0.2) is 0 Å². The zero-order valence-electron chi connectivity index (χ0n) is 12.8. The molecule has 0 amide bonds. The summed E-state index contributed by atoms with van der Waals surface area (Å²) in [6, 6.07) is 0.417. The van der Waals surface area contributed by atoms with Crippen LogP contribution < -0.4 is 5.32 Å². The summed E-state index contributed by atoms with van der Waals surface area (Å²) in [5.41, 5.74) is 1.89. The minimum atomic E-state index is 0.392. The minimum absolute atomic E-state index is 0.392. The Morgan fingerprint density at radius 2 is 1.89 bits per heavy atom. The third-order valence-corrected chi connectivity index (χ3v) is 3.32. The molecular weight excluding hydrogens is 238 g/mol. The molecule has 4 nitrogen and oxygen atoms in total. The van der Waals surface area contributed by atoms with Gasteiger partial charge >= 0.3 is 0 Å². The van der Waals surface area contributed by atoms with E-state index in [1.165, 1.54) is 0 Å². The molecule has 1 heterocycles. The smallest absolute Gasteiger partial charge is 0.0594 e. The van der Waals surface area contributed by atoms with E-state index in [2.05, 4.69) is 37.9 Å². The molecule has 0 radical (unpaired) electrons. The number of allylic oxidation sites excluding steroid dienone is 1. The fourth-order valence-corrected chi connectivity index (χ4v) is 2.10. The van der Waals surface area contributed by atoms with Gasteiger partial charge in [-0.2, -0.15) is 0 Å². The monoisotopic (exact) mass is 267 g/mol. The molecule has 2 N–H and O–H groups in total. The number of hydrogen-bond donors (Lipinski definition) is 2. The van der Waals surface area contributed by atoms with Crippen LogP contribution in [-0.2, 0) is 4.74 Å². The van der Waals surface area contributed by atoms with E-state index in [9.17, 15) is 0 Å². The summed E-state index contributed by atoms with van der Waals surface area (Å²) in [6.07, 6.45) is 2.85. The molecule has 1 rings (SSSR count). The quantitative estimate of drug-likeness (QED) is 0.696. The lowest BCUT2D eigenvalue weighted by molar-refractivity contribution is 0.0392. The van der Waals surface area contributed by atoms with E-state index >= 15 is 0 Å². The molecule has 0 saturated carbocycles. The highest BCUT2D eigenvalue weighted by Crippen LogP contribution is 2.13. The average molecular weight is 267 g/mol. The van der Waals surface area contributed by atoms with Gasteiger partial charge in [0.25, 0.3) is 0 Å². The van der Waals surface area contributed by atoms with E-state index in [0.717, 1.165) is 50.6 Å². The molecule has 1 aliphatic heterocycles. The standard InChI is InChI=1S/C15H29N3O/c1-12(2)14(11-17-13(3)4)15(16)5-6-18-7-9-19-10-8-18/h11-13,16-17H,5-10H2,1-4H3/b14-11-,16-15?. The second kappa shape index (κ2) is 8.33. The van der Waals surface area contributed by atoms with Crippen molar-refractivity contribution in [3.63, 3.8) is 0 Å². The summed E-state index contributed by atoms with van der Waals surface area (Å²) in [7, 11) is 0. The van der Waals surface area contributed by atoms with Gasteiger partial charge in [0.1, 0.15) is 0 Å². The highest BCUT2D eigenvalue weighted by molar-refractivity contribution is 5.98. The van der Waals surface area contributed by atoms with E-state index < -0.39 is 0 Å². The highest BCUT2D eigenvalue weighted by Gasteiger charge is 2.14. The van der Waals surface area contributed by atoms with Crippen molar-refractivity contribution >= 4 is 5.71 Å². The predicted molar refractivity (Wildman–Crippen MR) is 80.8 cm³/mol. The van der Waals surface area contributed by atoms with Gasteiger partial charge in [-0.1, -0.05) is 13.8 Å². The second-order valence-corrected chi connectivity index (χ2v) is 5.76. The predicted octanol–water partition coefficient (Wildman–Crippen LogP) is 2.27. The van der Waals surface area contributed by atoms with Crippen LogP contribution in [0.25, 0.3) is 0 Å². The Hall–Kier alpha value is -0.870. The van der Waals surface area contributed by atoms with Gasteiger partial charge in [-0.15, -0.1) is 0 Å². The highest BCUT2D eigenvalue weighted by atomic mass is 16.5. The van der Waals surface area contributed by atoms with E-state index in [0.29, 0.717) is 12.0 Å². The Kier molecular flexibility index (Phi) is 7.10. The Balaban J connectivity index is 2.45. The van der Waals surface area contributed by atoms with Crippen LogP contribution in [0.2, 0.25) is 0 Å². The van der Waals surface area contributed by atoms with Crippen LogP contribution in [0.4, 0.5) is 0 Å². The zero-order chi connectivity index (χ0) is 14.3. The lowest BCUT2D eigenvalue weighted by Crippen LogP contribution is -2.37. The third-order valence-electron chi connectivity index (χ3n) is 3.32. The molecule has 0 unspecified atom stereocenters. The number of nitrogens with one attached hydrogen (secondary N) is 2. The maximum absolute atomic E-state index is 8.27. The fraction of sp³-hybridized carbons (Fsp3) is 0.800. The van der Waals surface area contributed by atoms with Gasteiger partial charge in [-0.3, -0.25) is 4.90 Å². The summed E-state index contributed by atoms with van der Waals surface area (Å²) in [5, 5.41) is 11.6. The molecule has 0 bridgehead atoms. The van der Waals surface area contributed by atoms with Gasteiger partial charge in [0.05, 0.1) is 13.2 Å². The van der Waals surface area contributed by atoms with Crippen LogP contribution in [0.1, 0.15) is 34.1 Å². The van der Waals surface area contributed by atoms with Crippen molar-refractivity contribution in [3.8, 4) is 0 Å². The topological polar surface area (TPSA) is 48.4 Å². The molecule has 4 heteroatoms. The van der Waals surface area contributed by atoms with Crippen molar-refractivity contribution in [2.24, 2.45) is 5.92 Å². The first-order chi connectivity index (χ1) is 9.00. The van der Waals surface area contributed by atoms with E-state index in [1.54, 1.807) is 0 Å². The summed E-state index contributed by atoms with van der Waals surface area (Å²) in [4.78, 5) is 2.38. The first kappa shape index (κ1) is 16.2. The molecule has 0 atom stereocenters. The van der Waals surface area contributed by atoms with Crippen LogP contribution in [0.3, 0.4) is 0 Å². The number of hydrogen-bond acceptors (Lipinski definition) is 4. The van der Waals surface area contributed by atoms with Crippen LogP contribution in [-0.4, -0.2) is 49.5 Å². The normalized spacial score (nSPS) is 18.1. The van der Waals surface area contributed by atoms with Crippen molar-refractivity contribution in [1.82, 2.24) is 10.2 Å². The number of nitrogens with zero attached hydrogens (tertiary/aromatic N) is 1. The molecule has 0 spiro atoms. The Bertz CT molecular complexity index is 305. The third kappa shape index (κ3) is 6.21. The first-order valence-electron chi connectivity index (χ1n) is 7.34. The molecule has 0 aliphatic carbocycles. The minimum Gasteiger partial charge on any atom is -0.388 e.